The molecule has 0 aliphatic rings. The Labute approximate surface area is 139 Å². The predicted octanol–water partition coefficient (Wildman–Crippen LogP) is 3.01. The summed E-state index contributed by atoms with van der Waals surface area (Å²) in [5, 5.41) is 16.7. The van der Waals surface area contributed by atoms with Gasteiger partial charge in [0.25, 0.3) is 5.91 Å². The molecule has 6 heteroatoms. The van der Waals surface area contributed by atoms with Gasteiger partial charge in [-0.3, -0.25) is 4.79 Å². The number of aliphatic hydroxyl groups excluding tert-OH is 1. The highest BCUT2D eigenvalue weighted by molar-refractivity contribution is 5.96. The third kappa shape index (κ3) is 3.23. The molecule has 2 heterocycles. The van der Waals surface area contributed by atoms with Crippen LogP contribution in [0.4, 0.5) is 0 Å². The van der Waals surface area contributed by atoms with Crippen LogP contribution >= 0.6 is 0 Å². The Bertz CT molecular complexity index is 800. The van der Waals surface area contributed by atoms with Crippen molar-refractivity contribution in [3.05, 3.63) is 65.2 Å². The first-order chi connectivity index (χ1) is 11.6. The van der Waals surface area contributed by atoms with Crippen LogP contribution in [-0.2, 0) is 0 Å². The van der Waals surface area contributed by atoms with Crippen LogP contribution in [0, 0.1) is 13.8 Å². The fourth-order valence-electron chi connectivity index (χ4n) is 2.52. The third-order valence-electron chi connectivity index (χ3n) is 3.82. The van der Waals surface area contributed by atoms with Crippen LogP contribution in [-0.4, -0.2) is 22.7 Å². The van der Waals surface area contributed by atoms with E-state index in [0.717, 1.165) is 11.3 Å². The third-order valence-corrected chi connectivity index (χ3v) is 3.82. The summed E-state index contributed by atoms with van der Waals surface area (Å²) in [6, 6.07) is 11.0. The van der Waals surface area contributed by atoms with Crippen molar-refractivity contribution in [2.45, 2.75) is 20.0 Å². The molecule has 6 nitrogen and oxygen atoms in total. The Morgan fingerprint density at radius 2 is 2.00 bits per heavy atom. The molecule has 1 amide bonds. The second kappa shape index (κ2) is 6.72. The fourth-order valence-corrected chi connectivity index (χ4v) is 2.52. The Morgan fingerprint density at radius 1 is 1.25 bits per heavy atom. The molecular formula is C18H18N2O4. The van der Waals surface area contributed by atoms with E-state index in [1.54, 1.807) is 20.1 Å². The topological polar surface area (TPSA) is 88.5 Å². The number of nitrogens with one attached hydrogen (secondary N) is 1. The molecule has 1 unspecified atom stereocenters. The van der Waals surface area contributed by atoms with Crippen LogP contribution in [0.25, 0.3) is 11.3 Å². The minimum Gasteiger partial charge on any atom is -0.464 e. The number of carbonyl (C=O) groups is 1. The van der Waals surface area contributed by atoms with Gasteiger partial charge in [-0.2, -0.15) is 0 Å². The van der Waals surface area contributed by atoms with Gasteiger partial charge in [0.2, 0.25) is 0 Å². The largest absolute Gasteiger partial charge is 0.464 e. The molecule has 0 saturated heterocycles. The van der Waals surface area contributed by atoms with Gasteiger partial charge in [0.15, 0.2) is 0 Å². The number of furan rings is 1. The van der Waals surface area contributed by atoms with Gasteiger partial charge in [-0.25, -0.2) is 0 Å². The van der Waals surface area contributed by atoms with Crippen molar-refractivity contribution < 1.29 is 18.8 Å². The molecule has 0 aliphatic heterocycles. The first kappa shape index (κ1) is 16.0. The number of carbonyl (C=O) groups excluding carboxylic acids is 1. The molecular weight excluding hydrogens is 308 g/mol. The maximum atomic E-state index is 12.2. The number of hydrogen-bond acceptors (Lipinski definition) is 5. The smallest absolute Gasteiger partial charge is 0.256 e. The molecule has 0 fully saturated rings. The highest BCUT2D eigenvalue weighted by atomic mass is 16.5. The summed E-state index contributed by atoms with van der Waals surface area (Å²) in [7, 11) is 0. The average Bonchev–Trinajstić information content (AvgIpc) is 3.23. The molecule has 0 bridgehead atoms. The zero-order valence-electron chi connectivity index (χ0n) is 13.4. The van der Waals surface area contributed by atoms with Gasteiger partial charge in [0.05, 0.1) is 18.1 Å². The summed E-state index contributed by atoms with van der Waals surface area (Å²) < 4.78 is 10.3. The molecule has 3 aromatic rings. The van der Waals surface area contributed by atoms with Crippen LogP contribution in [0.15, 0.2) is 51.6 Å². The highest BCUT2D eigenvalue weighted by Crippen LogP contribution is 2.22. The molecule has 0 spiro atoms. The van der Waals surface area contributed by atoms with Gasteiger partial charge in [-0.15, -0.1) is 0 Å². The number of aliphatic hydroxyl groups is 1. The lowest BCUT2D eigenvalue weighted by molar-refractivity contribution is 0.0914. The van der Waals surface area contributed by atoms with Gasteiger partial charge in [-0.1, -0.05) is 29.4 Å². The molecule has 0 saturated carbocycles. The van der Waals surface area contributed by atoms with Gasteiger partial charge in [0.1, 0.15) is 17.1 Å². The molecule has 2 N–H and O–H groups in total. The van der Waals surface area contributed by atoms with E-state index in [1.807, 2.05) is 36.4 Å². The minimum absolute atomic E-state index is 0.100. The van der Waals surface area contributed by atoms with Crippen molar-refractivity contribution in [2.75, 3.05) is 6.54 Å². The minimum atomic E-state index is -0.805. The Kier molecular flexibility index (Phi) is 4.48. The normalized spacial score (nSPS) is 12.1. The second-order valence-electron chi connectivity index (χ2n) is 5.52. The maximum absolute atomic E-state index is 12.2. The Hall–Kier alpha value is -2.86. The summed E-state index contributed by atoms with van der Waals surface area (Å²) in [6.07, 6.45) is 0.808. The number of benzene rings is 1. The van der Waals surface area contributed by atoms with Gasteiger partial charge < -0.3 is 19.4 Å². The van der Waals surface area contributed by atoms with Crippen molar-refractivity contribution in [3.8, 4) is 11.3 Å². The number of amides is 1. The summed E-state index contributed by atoms with van der Waals surface area (Å²) in [4.78, 5) is 12.2. The van der Waals surface area contributed by atoms with E-state index < -0.39 is 6.10 Å². The highest BCUT2D eigenvalue weighted by Gasteiger charge is 2.18. The molecule has 124 valence electrons. The Morgan fingerprint density at radius 3 is 2.58 bits per heavy atom. The number of nitrogens with zero attached hydrogens (tertiary/aromatic N) is 1. The van der Waals surface area contributed by atoms with Crippen LogP contribution < -0.4 is 5.32 Å². The number of aryl methyl sites for hydroxylation is 2. The van der Waals surface area contributed by atoms with Gasteiger partial charge >= 0.3 is 0 Å². The van der Waals surface area contributed by atoms with E-state index in [9.17, 15) is 9.90 Å². The first-order valence-electron chi connectivity index (χ1n) is 7.59. The molecule has 0 aliphatic carbocycles. The molecule has 1 atom stereocenters. The van der Waals surface area contributed by atoms with Gasteiger partial charge in [0, 0.05) is 12.1 Å². The fraction of sp³-hybridized carbons (Fsp3) is 0.222. The van der Waals surface area contributed by atoms with E-state index in [1.165, 1.54) is 0 Å². The van der Waals surface area contributed by atoms with Crippen molar-refractivity contribution in [3.63, 3.8) is 0 Å². The van der Waals surface area contributed by atoms with Crippen LogP contribution in [0.1, 0.15) is 33.5 Å². The lowest BCUT2D eigenvalue weighted by Crippen LogP contribution is -2.29. The van der Waals surface area contributed by atoms with E-state index in [4.69, 9.17) is 8.94 Å². The van der Waals surface area contributed by atoms with E-state index in [0.29, 0.717) is 22.6 Å². The van der Waals surface area contributed by atoms with Crippen molar-refractivity contribution in [2.24, 2.45) is 0 Å². The van der Waals surface area contributed by atoms with Crippen LogP contribution in [0.5, 0.6) is 0 Å². The van der Waals surface area contributed by atoms with E-state index >= 15 is 0 Å². The zero-order valence-corrected chi connectivity index (χ0v) is 13.4. The molecule has 3 rings (SSSR count). The molecule has 24 heavy (non-hydrogen) atoms. The van der Waals surface area contributed by atoms with Crippen molar-refractivity contribution >= 4 is 5.91 Å². The average molecular weight is 326 g/mol. The van der Waals surface area contributed by atoms with E-state index in [-0.39, 0.29) is 12.5 Å². The van der Waals surface area contributed by atoms with E-state index in [2.05, 4.69) is 10.5 Å². The van der Waals surface area contributed by atoms with Crippen LogP contribution in [0.2, 0.25) is 0 Å². The zero-order chi connectivity index (χ0) is 17.1. The predicted molar refractivity (Wildman–Crippen MR) is 87.4 cm³/mol. The molecule has 0 radical (unpaired) electrons. The summed E-state index contributed by atoms with van der Waals surface area (Å²) in [5.41, 5.74) is 2.58. The lowest BCUT2D eigenvalue weighted by atomic mass is 10.1. The lowest BCUT2D eigenvalue weighted by Gasteiger charge is -2.12. The summed E-state index contributed by atoms with van der Waals surface area (Å²) in [5.74, 6) is 0.919. The first-order valence-corrected chi connectivity index (χ1v) is 7.59. The van der Waals surface area contributed by atoms with Gasteiger partial charge in [-0.05, 0) is 31.5 Å². The summed E-state index contributed by atoms with van der Waals surface area (Å²) in [6.45, 7) is 3.48. The Balaban J connectivity index is 1.63. The number of rotatable bonds is 5. The summed E-state index contributed by atoms with van der Waals surface area (Å²) >= 11 is 0. The SMILES string of the molecule is Cc1noc(C)c1C(=O)NCC(O)c1ccc(-c2ccco2)cc1. The number of hydrogen-bond donors (Lipinski definition) is 2. The van der Waals surface area contributed by atoms with Crippen LogP contribution in [0.3, 0.4) is 0 Å². The van der Waals surface area contributed by atoms with Crippen molar-refractivity contribution in [1.82, 2.24) is 10.5 Å². The quantitative estimate of drug-likeness (QED) is 0.752. The molecule has 2 aromatic heterocycles. The number of aromatic nitrogens is 1. The van der Waals surface area contributed by atoms with Crippen molar-refractivity contribution in [1.29, 1.82) is 0 Å². The second-order valence-corrected chi connectivity index (χ2v) is 5.52. The molecule has 1 aromatic carbocycles. The standard InChI is InChI=1S/C18H18N2O4/c1-11-17(12(2)24-20-11)18(22)19-10-15(21)13-5-7-14(8-6-13)16-4-3-9-23-16/h3-9,15,21H,10H2,1-2H3,(H,19,22). The monoisotopic (exact) mass is 326 g/mol. The maximum Gasteiger partial charge on any atom is 0.256 e.